The monoisotopic (exact) mass is 443 g/mol. The minimum atomic E-state index is -0.187. The van der Waals surface area contributed by atoms with Gasteiger partial charge in [-0.1, -0.05) is 36.4 Å². The first kappa shape index (κ1) is 21.9. The van der Waals surface area contributed by atoms with Gasteiger partial charge in [-0.05, 0) is 53.1 Å². The van der Waals surface area contributed by atoms with Crippen LogP contribution in [0.3, 0.4) is 0 Å². The molecule has 1 N–H and O–H groups in total. The number of rotatable bonds is 7. The van der Waals surface area contributed by atoms with E-state index in [1.165, 1.54) is 17.1 Å². The largest absolute Gasteiger partial charge is 0.484 e. The van der Waals surface area contributed by atoms with Crippen LogP contribution in [0, 0.1) is 11.3 Å². The highest BCUT2D eigenvalue weighted by molar-refractivity contribution is 7.99. The summed E-state index contributed by atoms with van der Waals surface area (Å²) in [6.07, 6.45) is 0. The first-order valence-electron chi connectivity index (χ1n) is 10.6. The summed E-state index contributed by atoms with van der Waals surface area (Å²) in [5.74, 6) is 2.81. The van der Waals surface area contributed by atoms with Gasteiger partial charge in [0.25, 0.3) is 5.91 Å². The van der Waals surface area contributed by atoms with Crippen LogP contribution in [0.4, 0.5) is 5.69 Å². The van der Waals surface area contributed by atoms with Crippen molar-refractivity contribution < 1.29 is 9.53 Å². The summed E-state index contributed by atoms with van der Waals surface area (Å²) in [4.78, 5) is 14.8. The summed E-state index contributed by atoms with van der Waals surface area (Å²) in [5.41, 5.74) is 4.68. The number of nitriles is 1. The lowest BCUT2D eigenvalue weighted by Gasteiger charge is -2.26. The van der Waals surface area contributed by atoms with E-state index in [0.717, 1.165) is 36.4 Å². The zero-order valence-electron chi connectivity index (χ0n) is 17.8. The average Bonchev–Trinajstić information content (AvgIpc) is 2.84. The van der Waals surface area contributed by atoms with Crippen molar-refractivity contribution in [3.05, 3.63) is 83.9 Å². The van der Waals surface area contributed by atoms with Gasteiger partial charge in [-0.15, -0.1) is 0 Å². The number of ether oxygens (including phenoxy) is 1. The third kappa shape index (κ3) is 6.13. The normalized spacial score (nSPS) is 13.8. The fraction of sp³-hybridized carbons (Fsp3) is 0.231. The van der Waals surface area contributed by atoms with Crippen LogP contribution in [0.25, 0.3) is 11.1 Å². The van der Waals surface area contributed by atoms with E-state index < -0.39 is 0 Å². The van der Waals surface area contributed by atoms with Crippen molar-refractivity contribution >= 4 is 23.4 Å². The van der Waals surface area contributed by atoms with Crippen LogP contribution in [0.5, 0.6) is 5.75 Å². The third-order valence-corrected chi connectivity index (χ3v) is 6.23. The first-order chi connectivity index (χ1) is 15.7. The molecule has 32 heavy (non-hydrogen) atoms. The van der Waals surface area contributed by atoms with Gasteiger partial charge in [-0.2, -0.15) is 17.0 Å². The molecule has 162 valence electrons. The van der Waals surface area contributed by atoms with Gasteiger partial charge in [0.15, 0.2) is 6.61 Å². The van der Waals surface area contributed by atoms with Crippen LogP contribution in [0.2, 0.25) is 0 Å². The molecule has 0 saturated carbocycles. The first-order valence-corrected chi connectivity index (χ1v) is 11.8. The van der Waals surface area contributed by atoms with E-state index >= 15 is 0 Å². The quantitative estimate of drug-likeness (QED) is 0.569. The average molecular weight is 444 g/mol. The van der Waals surface area contributed by atoms with Gasteiger partial charge in [0, 0.05) is 36.8 Å². The molecule has 1 saturated heterocycles. The smallest absolute Gasteiger partial charge is 0.262 e. The number of carbonyl (C=O) groups excluding carboxylic acids is 1. The standard InChI is InChI=1S/C26H25N3O2S/c27-17-20-4-6-22(7-5-20)23-8-10-25(11-9-23)31-19-26(30)28-24-3-1-2-21(16-24)18-29-12-14-32-15-13-29/h1-11,16H,12-15,18-19H2,(H,28,30). The molecule has 3 aromatic carbocycles. The molecule has 4 rings (SSSR count). The number of hydrogen-bond acceptors (Lipinski definition) is 5. The lowest BCUT2D eigenvalue weighted by Crippen LogP contribution is -2.32. The number of thioether (sulfide) groups is 1. The van der Waals surface area contributed by atoms with Gasteiger partial charge in [0.05, 0.1) is 11.6 Å². The molecule has 1 heterocycles. The molecule has 1 aliphatic rings. The zero-order valence-corrected chi connectivity index (χ0v) is 18.6. The van der Waals surface area contributed by atoms with Gasteiger partial charge < -0.3 is 10.1 Å². The van der Waals surface area contributed by atoms with Crippen molar-refractivity contribution in [3.8, 4) is 22.9 Å². The Morgan fingerprint density at radius 3 is 2.38 bits per heavy atom. The van der Waals surface area contributed by atoms with E-state index in [4.69, 9.17) is 10.00 Å². The second kappa shape index (κ2) is 10.9. The van der Waals surface area contributed by atoms with E-state index in [-0.39, 0.29) is 12.5 Å². The summed E-state index contributed by atoms with van der Waals surface area (Å²) in [6.45, 7) is 3.08. The molecular formula is C26H25N3O2S. The number of amides is 1. The molecule has 0 aromatic heterocycles. The number of hydrogen-bond donors (Lipinski definition) is 1. The predicted octanol–water partition coefficient (Wildman–Crippen LogP) is 4.79. The molecule has 0 radical (unpaired) electrons. The fourth-order valence-corrected chi connectivity index (χ4v) is 4.57. The van der Waals surface area contributed by atoms with Crippen LogP contribution in [0.15, 0.2) is 72.8 Å². The van der Waals surface area contributed by atoms with Crippen LogP contribution in [-0.2, 0) is 11.3 Å². The van der Waals surface area contributed by atoms with Gasteiger partial charge >= 0.3 is 0 Å². The molecule has 5 nitrogen and oxygen atoms in total. The molecule has 0 bridgehead atoms. The van der Waals surface area contributed by atoms with E-state index in [1.807, 2.05) is 66.4 Å². The van der Waals surface area contributed by atoms with Crippen molar-refractivity contribution in [2.45, 2.75) is 6.54 Å². The molecule has 1 amide bonds. The minimum absolute atomic E-state index is 0.0518. The van der Waals surface area contributed by atoms with Crippen LogP contribution in [-0.4, -0.2) is 42.0 Å². The Hall–Kier alpha value is -3.27. The molecule has 0 atom stereocenters. The van der Waals surface area contributed by atoms with Gasteiger partial charge in [-0.3, -0.25) is 9.69 Å². The molecular weight excluding hydrogens is 418 g/mol. The lowest BCUT2D eigenvalue weighted by atomic mass is 10.0. The van der Waals surface area contributed by atoms with Gasteiger partial charge in [0.1, 0.15) is 5.75 Å². The topological polar surface area (TPSA) is 65.4 Å². The molecule has 6 heteroatoms. The van der Waals surface area contributed by atoms with Crippen molar-refractivity contribution in [1.82, 2.24) is 4.90 Å². The second-order valence-corrected chi connectivity index (χ2v) is 8.86. The SMILES string of the molecule is N#Cc1ccc(-c2ccc(OCC(=O)Nc3cccc(CN4CCSCC4)c3)cc2)cc1. The number of benzene rings is 3. The molecule has 1 aliphatic heterocycles. The highest BCUT2D eigenvalue weighted by atomic mass is 32.2. The Balaban J connectivity index is 1.28. The Morgan fingerprint density at radius 2 is 1.69 bits per heavy atom. The maximum absolute atomic E-state index is 12.4. The summed E-state index contributed by atoms with van der Waals surface area (Å²) in [5, 5.41) is 11.8. The fourth-order valence-electron chi connectivity index (χ4n) is 3.59. The van der Waals surface area contributed by atoms with Gasteiger partial charge in [-0.25, -0.2) is 0 Å². The maximum Gasteiger partial charge on any atom is 0.262 e. The van der Waals surface area contributed by atoms with Crippen molar-refractivity contribution in [1.29, 1.82) is 5.26 Å². The van der Waals surface area contributed by atoms with Gasteiger partial charge in [0.2, 0.25) is 0 Å². The van der Waals surface area contributed by atoms with Crippen molar-refractivity contribution in [2.75, 3.05) is 36.5 Å². The Bertz CT molecular complexity index is 1090. The van der Waals surface area contributed by atoms with Crippen LogP contribution >= 0.6 is 11.8 Å². The minimum Gasteiger partial charge on any atom is -0.484 e. The summed E-state index contributed by atoms with van der Waals surface area (Å²) in [6, 6.07) is 25.1. The van der Waals surface area contributed by atoms with E-state index in [0.29, 0.717) is 11.3 Å². The van der Waals surface area contributed by atoms with Crippen molar-refractivity contribution in [2.24, 2.45) is 0 Å². The molecule has 0 aliphatic carbocycles. The number of carbonyl (C=O) groups is 1. The maximum atomic E-state index is 12.4. The molecule has 3 aromatic rings. The third-order valence-electron chi connectivity index (χ3n) is 5.29. The number of anilines is 1. The summed E-state index contributed by atoms with van der Waals surface area (Å²) in [7, 11) is 0. The highest BCUT2D eigenvalue weighted by Crippen LogP contribution is 2.23. The zero-order chi connectivity index (χ0) is 22.2. The molecule has 0 spiro atoms. The van der Waals surface area contributed by atoms with Crippen LogP contribution < -0.4 is 10.1 Å². The summed E-state index contributed by atoms with van der Waals surface area (Å²) >= 11 is 2.00. The number of nitrogens with one attached hydrogen (secondary N) is 1. The Kier molecular flexibility index (Phi) is 7.44. The number of nitrogens with zero attached hydrogens (tertiary/aromatic N) is 2. The summed E-state index contributed by atoms with van der Waals surface area (Å²) < 4.78 is 5.65. The van der Waals surface area contributed by atoms with E-state index in [1.54, 1.807) is 12.1 Å². The van der Waals surface area contributed by atoms with Crippen molar-refractivity contribution in [3.63, 3.8) is 0 Å². The predicted molar refractivity (Wildman–Crippen MR) is 130 cm³/mol. The molecule has 0 unspecified atom stereocenters. The lowest BCUT2D eigenvalue weighted by molar-refractivity contribution is -0.118. The second-order valence-electron chi connectivity index (χ2n) is 7.64. The van der Waals surface area contributed by atoms with E-state index in [9.17, 15) is 4.79 Å². The highest BCUT2D eigenvalue weighted by Gasteiger charge is 2.11. The Morgan fingerprint density at radius 1 is 1.00 bits per heavy atom. The Labute approximate surface area is 193 Å². The van der Waals surface area contributed by atoms with E-state index in [2.05, 4.69) is 22.4 Å². The molecule has 1 fully saturated rings. The van der Waals surface area contributed by atoms with Crippen LogP contribution in [0.1, 0.15) is 11.1 Å².